The first-order chi connectivity index (χ1) is 9.86. The first-order valence-corrected chi connectivity index (χ1v) is 6.94. The summed E-state index contributed by atoms with van der Waals surface area (Å²) in [6, 6.07) is 14.1. The lowest BCUT2D eigenvalue weighted by atomic mass is 10.1. The Morgan fingerprint density at radius 2 is 2.10 bits per heavy atom. The molecule has 0 saturated heterocycles. The largest absolute Gasteiger partial charge is 0.467 e. The van der Waals surface area contributed by atoms with E-state index in [0.717, 1.165) is 18.0 Å². The van der Waals surface area contributed by atoms with Crippen LogP contribution in [0.1, 0.15) is 11.3 Å². The van der Waals surface area contributed by atoms with Crippen LogP contribution in [0.3, 0.4) is 0 Å². The summed E-state index contributed by atoms with van der Waals surface area (Å²) in [4.78, 5) is 2.12. The maximum atomic E-state index is 5.41. The van der Waals surface area contributed by atoms with Crippen molar-refractivity contribution in [2.45, 2.75) is 19.1 Å². The molecule has 4 nitrogen and oxygen atoms in total. The van der Waals surface area contributed by atoms with Gasteiger partial charge in [-0.1, -0.05) is 42.5 Å². The molecule has 1 unspecified atom stereocenters. The molecule has 1 aromatic carbocycles. The summed E-state index contributed by atoms with van der Waals surface area (Å²) in [5.74, 6) is 1.87. The molecule has 0 saturated carbocycles. The third-order valence-electron chi connectivity index (χ3n) is 3.23. The van der Waals surface area contributed by atoms with E-state index in [4.69, 9.17) is 16.6 Å². The Morgan fingerprint density at radius 1 is 1.25 bits per heavy atom. The number of hydrogen-bond donors (Lipinski definition) is 1. The van der Waals surface area contributed by atoms with Crippen molar-refractivity contribution in [3.05, 3.63) is 60.1 Å². The predicted molar refractivity (Wildman–Crippen MR) is 82.4 cm³/mol. The number of hydrazone groups is 1. The molecule has 102 valence electrons. The minimum atomic E-state index is -0.0613. The lowest BCUT2D eigenvalue weighted by molar-refractivity contribution is 0.330. The molecule has 1 aromatic heterocycles. The van der Waals surface area contributed by atoms with Gasteiger partial charge in [-0.15, -0.1) is 0 Å². The molecular weight excluding hydrogens is 270 g/mol. The zero-order valence-corrected chi connectivity index (χ0v) is 11.7. The normalized spacial score (nSPS) is 17.7. The number of amidine groups is 1. The molecule has 1 atom stereocenters. The second-order valence-electron chi connectivity index (χ2n) is 4.61. The van der Waals surface area contributed by atoms with Crippen molar-refractivity contribution in [3.63, 3.8) is 0 Å². The van der Waals surface area contributed by atoms with Gasteiger partial charge in [-0.3, -0.25) is 5.43 Å². The third-order valence-corrected chi connectivity index (χ3v) is 3.49. The Labute approximate surface area is 123 Å². The zero-order chi connectivity index (χ0) is 13.8. The van der Waals surface area contributed by atoms with Crippen LogP contribution in [0, 0.1) is 0 Å². The van der Waals surface area contributed by atoms with E-state index < -0.39 is 0 Å². The predicted octanol–water partition coefficient (Wildman–Crippen LogP) is 2.57. The molecule has 3 rings (SSSR count). The summed E-state index contributed by atoms with van der Waals surface area (Å²) in [7, 11) is 0. The monoisotopic (exact) mass is 285 g/mol. The lowest BCUT2D eigenvalue weighted by Crippen LogP contribution is -2.40. The van der Waals surface area contributed by atoms with Crippen molar-refractivity contribution in [2.75, 3.05) is 0 Å². The van der Waals surface area contributed by atoms with Gasteiger partial charge < -0.3 is 9.32 Å². The Balaban J connectivity index is 1.76. The fraction of sp³-hybridized carbons (Fsp3) is 0.200. The van der Waals surface area contributed by atoms with E-state index in [9.17, 15) is 0 Å². The van der Waals surface area contributed by atoms with E-state index in [0.29, 0.717) is 6.54 Å². The number of nitrogens with one attached hydrogen (secondary N) is 1. The van der Waals surface area contributed by atoms with Gasteiger partial charge in [0.1, 0.15) is 17.8 Å². The number of hydrogen-bond acceptors (Lipinski definition) is 5. The van der Waals surface area contributed by atoms with E-state index in [1.807, 2.05) is 30.3 Å². The standard InChI is InChI=1S/C15H15N3OS/c20-11-15-17-16-14(9-12-5-2-1-3-6-12)18(15)10-13-7-4-8-19-13/h1-8,11,15,17H,9-10H2. The molecule has 5 heteroatoms. The minimum Gasteiger partial charge on any atom is -0.467 e. The number of benzene rings is 1. The van der Waals surface area contributed by atoms with Crippen LogP contribution in [-0.4, -0.2) is 22.3 Å². The fourth-order valence-corrected chi connectivity index (χ4v) is 2.43. The van der Waals surface area contributed by atoms with Crippen LogP contribution in [0.5, 0.6) is 0 Å². The summed E-state index contributed by atoms with van der Waals surface area (Å²) in [5, 5.41) is 6.08. The van der Waals surface area contributed by atoms with E-state index in [1.54, 1.807) is 11.6 Å². The van der Waals surface area contributed by atoms with Gasteiger partial charge in [-0.25, -0.2) is 0 Å². The first kappa shape index (κ1) is 12.9. The molecule has 2 heterocycles. The number of rotatable bonds is 5. The van der Waals surface area contributed by atoms with Crippen molar-refractivity contribution in [1.82, 2.24) is 10.3 Å². The van der Waals surface area contributed by atoms with Crippen molar-refractivity contribution < 1.29 is 4.42 Å². The smallest absolute Gasteiger partial charge is 0.146 e. The third kappa shape index (κ3) is 2.72. The average Bonchev–Trinajstić information content (AvgIpc) is 3.11. The SMILES string of the molecule is S=CC1NN=C(Cc2ccccc2)N1Cc1ccco1. The Hall–Kier alpha value is -2.14. The molecule has 20 heavy (non-hydrogen) atoms. The van der Waals surface area contributed by atoms with Crippen LogP contribution in [0.15, 0.2) is 58.2 Å². The van der Waals surface area contributed by atoms with Crippen molar-refractivity contribution >= 4 is 23.4 Å². The van der Waals surface area contributed by atoms with Crippen LogP contribution in [-0.2, 0) is 13.0 Å². The van der Waals surface area contributed by atoms with Gasteiger partial charge in [0.2, 0.25) is 0 Å². The Morgan fingerprint density at radius 3 is 2.80 bits per heavy atom. The van der Waals surface area contributed by atoms with Gasteiger partial charge >= 0.3 is 0 Å². The van der Waals surface area contributed by atoms with Gasteiger partial charge in [-0.05, 0) is 17.7 Å². The Kier molecular flexibility index (Phi) is 3.78. The molecule has 0 radical (unpaired) electrons. The summed E-state index contributed by atoms with van der Waals surface area (Å²) in [5.41, 5.74) is 4.28. The van der Waals surface area contributed by atoms with E-state index in [-0.39, 0.29) is 6.17 Å². The highest BCUT2D eigenvalue weighted by Crippen LogP contribution is 2.15. The summed E-state index contributed by atoms with van der Waals surface area (Å²) in [6.45, 7) is 0.656. The topological polar surface area (TPSA) is 40.8 Å². The average molecular weight is 285 g/mol. The lowest BCUT2D eigenvalue weighted by Gasteiger charge is -2.23. The summed E-state index contributed by atoms with van der Waals surface area (Å²) < 4.78 is 5.41. The Bertz CT molecular complexity index is 595. The first-order valence-electron chi connectivity index (χ1n) is 6.47. The molecule has 0 amide bonds. The second-order valence-corrected chi connectivity index (χ2v) is 4.88. The molecule has 1 N–H and O–H groups in total. The second kappa shape index (κ2) is 5.88. The quantitative estimate of drug-likeness (QED) is 0.857. The molecule has 1 aliphatic heterocycles. The zero-order valence-electron chi connectivity index (χ0n) is 10.9. The highest BCUT2D eigenvalue weighted by molar-refractivity contribution is 7.79. The van der Waals surface area contributed by atoms with Gasteiger partial charge in [0, 0.05) is 11.8 Å². The van der Waals surface area contributed by atoms with Crippen molar-refractivity contribution in [3.8, 4) is 0 Å². The van der Waals surface area contributed by atoms with Crippen LogP contribution < -0.4 is 5.43 Å². The summed E-state index contributed by atoms with van der Waals surface area (Å²) in [6.07, 6.45) is 2.39. The summed E-state index contributed by atoms with van der Waals surface area (Å²) >= 11 is 5.07. The van der Waals surface area contributed by atoms with Gasteiger partial charge in [-0.2, -0.15) is 5.10 Å². The van der Waals surface area contributed by atoms with E-state index >= 15 is 0 Å². The molecule has 2 aromatic rings. The van der Waals surface area contributed by atoms with Crippen LogP contribution in [0.2, 0.25) is 0 Å². The molecule has 0 fully saturated rings. The fourth-order valence-electron chi connectivity index (χ4n) is 2.22. The molecule has 0 aliphatic carbocycles. The molecule has 0 spiro atoms. The minimum absolute atomic E-state index is 0.0613. The van der Waals surface area contributed by atoms with Gasteiger partial charge in [0.15, 0.2) is 0 Å². The van der Waals surface area contributed by atoms with Gasteiger partial charge in [0.05, 0.1) is 12.8 Å². The van der Waals surface area contributed by atoms with E-state index in [1.165, 1.54) is 5.56 Å². The molecule has 0 bridgehead atoms. The maximum Gasteiger partial charge on any atom is 0.146 e. The highest BCUT2D eigenvalue weighted by atomic mass is 32.1. The highest BCUT2D eigenvalue weighted by Gasteiger charge is 2.26. The van der Waals surface area contributed by atoms with Crippen LogP contribution in [0.25, 0.3) is 0 Å². The maximum absolute atomic E-state index is 5.41. The van der Waals surface area contributed by atoms with Gasteiger partial charge in [0.25, 0.3) is 0 Å². The number of thiocarbonyl (C=S) groups is 1. The molecular formula is C15H15N3OS. The number of furan rings is 1. The van der Waals surface area contributed by atoms with Crippen LogP contribution >= 0.6 is 12.2 Å². The number of nitrogens with zero attached hydrogens (tertiary/aromatic N) is 2. The van der Waals surface area contributed by atoms with E-state index in [2.05, 4.69) is 27.6 Å². The van der Waals surface area contributed by atoms with Crippen molar-refractivity contribution in [2.24, 2.45) is 5.10 Å². The van der Waals surface area contributed by atoms with Crippen LogP contribution in [0.4, 0.5) is 0 Å². The van der Waals surface area contributed by atoms with Crippen molar-refractivity contribution in [1.29, 1.82) is 0 Å². The molecule has 1 aliphatic rings.